The third-order valence-electron chi connectivity index (χ3n) is 4.08. The minimum absolute atomic E-state index is 0.427. The molecule has 0 N–H and O–H groups in total. The van der Waals surface area contributed by atoms with E-state index in [4.69, 9.17) is 0 Å². The average molecular weight is 300 g/mol. The third kappa shape index (κ3) is 4.71. The Morgan fingerprint density at radius 2 is 1.76 bits per heavy atom. The molecule has 1 heterocycles. The predicted octanol–water partition coefficient (Wildman–Crippen LogP) is 3.19. The van der Waals surface area contributed by atoms with Crippen LogP contribution in [0, 0.1) is 6.92 Å². The fraction of sp³-hybridized carbons (Fsp3) is 0.625. The number of rotatable bonds is 4. The molecule has 0 unspecified atom stereocenters. The molecule has 1 saturated heterocycles. The van der Waals surface area contributed by atoms with Gasteiger partial charge in [-0.2, -0.15) is 13.2 Å². The van der Waals surface area contributed by atoms with Gasteiger partial charge in [-0.15, -0.1) is 0 Å². The molecule has 0 amide bonds. The van der Waals surface area contributed by atoms with E-state index in [1.165, 1.54) is 12.1 Å². The van der Waals surface area contributed by atoms with Crippen molar-refractivity contribution in [1.29, 1.82) is 0 Å². The van der Waals surface area contributed by atoms with Crippen LogP contribution in [0.3, 0.4) is 0 Å². The Bertz CT molecular complexity index is 463. The SMILES string of the molecule is Cc1ccc(C(F)(F)F)c(CCCN2CCN(C)CC2)c1. The van der Waals surface area contributed by atoms with Gasteiger partial charge in [0, 0.05) is 26.2 Å². The molecule has 0 radical (unpaired) electrons. The molecular formula is C16H23F3N2. The number of benzene rings is 1. The maximum absolute atomic E-state index is 13.0. The van der Waals surface area contributed by atoms with Gasteiger partial charge in [-0.05, 0) is 45.0 Å². The molecule has 1 aromatic carbocycles. The van der Waals surface area contributed by atoms with Crippen molar-refractivity contribution in [1.82, 2.24) is 9.80 Å². The average Bonchev–Trinajstić information content (AvgIpc) is 2.40. The summed E-state index contributed by atoms with van der Waals surface area (Å²) < 4.78 is 39.0. The highest BCUT2D eigenvalue weighted by molar-refractivity contribution is 5.33. The van der Waals surface area contributed by atoms with Crippen LogP contribution in [0.25, 0.3) is 0 Å². The Morgan fingerprint density at radius 3 is 2.38 bits per heavy atom. The van der Waals surface area contributed by atoms with Crippen LogP contribution in [0.15, 0.2) is 18.2 Å². The lowest BCUT2D eigenvalue weighted by atomic mass is 9.99. The molecule has 5 heteroatoms. The van der Waals surface area contributed by atoms with Crippen molar-refractivity contribution in [2.75, 3.05) is 39.8 Å². The fourth-order valence-electron chi connectivity index (χ4n) is 2.77. The van der Waals surface area contributed by atoms with Gasteiger partial charge in [-0.3, -0.25) is 0 Å². The molecule has 1 aliphatic rings. The van der Waals surface area contributed by atoms with Gasteiger partial charge >= 0.3 is 6.18 Å². The van der Waals surface area contributed by atoms with Crippen molar-refractivity contribution in [3.8, 4) is 0 Å². The normalized spacial score (nSPS) is 18.1. The summed E-state index contributed by atoms with van der Waals surface area (Å²) >= 11 is 0. The minimum Gasteiger partial charge on any atom is -0.304 e. The second kappa shape index (κ2) is 6.79. The van der Waals surface area contributed by atoms with Gasteiger partial charge < -0.3 is 9.80 Å². The van der Waals surface area contributed by atoms with Crippen molar-refractivity contribution >= 4 is 0 Å². The Balaban J connectivity index is 1.92. The van der Waals surface area contributed by atoms with Gasteiger partial charge in [0.1, 0.15) is 0 Å². The Kier molecular flexibility index (Phi) is 5.27. The van der Waals surface area contributed by atoms with Gasteiger partial charge in [0.25, 0.3) is 0 Å². The van der Waals surface area contributed by atoms with Crippen LogP contribution in [0.4, 0.5) is 13.2 Å². The molecule has 0 bridgehead atoms. The molecule has 118 valence electrons. The highest BCUT2D eigenvalue weighted by Crippen LogP contribution is 2.33. The van der Waals surface area contributed by atoms with Crippen LogP contribution in [-0.2, 0) is 12.6 Å². The van der Waals surface area contributed by atoms with Crippen molar-refractivity contribution in [3.05, 3.63) is 34.9 Å². The Labute approximate surface area is 124 Å². The Hall–Kier alpha value is -1.07. The van der Waals surface area contributed by atoms with Crippen molar-refractivity contribution in [2.45, 2.75) is 25.9 Å². The van der Waals surface area contributed by atoms with Crippen LogP contribution in [0.5, 0.6) is 0 Å². The fourth-order valence-corrected chi connectivity index (χ4v) is 2.77. The summed E-state index contributed by atoms with van der Waals surface area (Å²) in [5.41, 5.74) is 0.834. The number of halogens is 3. The lowest BCUT2D eigenvalue weighted by Crippen LogP contribution is -2.44. The number of piperazine rings is 1. The van der Waals surface area contributed by atoms with Crippen LogP contribution in [0.1, 0.15) is 23.1 Å². The summed E-state index contributed by atoms with van der Waals surface area (Å²) in [5, 5.41) is 0. The first kappa shape index (κ1) is 16.3. The monoisotopic (exact) mass is 300 g/mol. The van der Waals surface area contributed by atoms with Crippen molar-refractivity contribution in [2.24, 2.45) is 0 Å². The molecule has 1 fully saturated rings. The third-order valence-corrected chi connectivity index (χ3v) is 4.08. The lowest BCUT2D eigenvalue weighted by molar-refractivity contribution is -0.138. The zero-order valence-electron chi connectivity index (χ0n) is 12.7. The van der Waals surface area contributed by atoms with E-state index in [9.17, 15) is 13.2 Å². The van der Waals surface area contributed by atoms with E-state index in [0.29, 0.717) is 12.0 Å². The molecule has 0 aromatic heterocycles. The molecule has 1 aromatic rings. The summed E-state index contributed by atoms with van der Waals surface area (Å²) in [7, 11) is 2.10. The molecule has 0 spiro atoms. The smallest absolute Gasteiger partial charge is 0.304 e. The standard InChI is InChI=1S/C16H23F3N2/c1-13-5-6-15(16(17,18)19)14(12-13)4-3-7-21-10-8-20(2)9-11-21/h5-6,12H,3-4,7-11H2,1-2H3. The van der Waals surface area contributed by atoms with Gasteiger partial charge in [-0.25, -0.2) is 0 Å². The lowest BCUT2D eigenvalue weighted by Gasteiger charge is -2.32. The molecule has 0 saturated carbocycles. The molecule has 21 heavy (non-hydrogen) atoms. The molecule has 2 nitrogen and oxygen atoms in total. The van der Waals surface area contributed by atoms with Gasteiger partial charge in [0.05, 0.1) is 5.56 Å². The summed E-state index contributed by atoms with van der Waals surface area (Å²) in [6, 6.07) is 4.42. The summed E-state index contributed by atoms with van der Waals surface area (Å²) in [4.78, 5) is 4.61. The first-order chi connectivity index (χ1) is 9.86. The van der Waals surface area contributed by atoms with E-state index >= 15 is 0 Å². The zero-order chi connectivity index (χ0) is 15.5. The van der Waals surface area contributed by atoms with Crippen LogP contribution in [-0.4, -0.2) is 49.6 Å². The van der Waals surface area contributed by atoms with E-state index in [-0.39, 0.29) is 0 Å². The van der Waals surface area contributed by atoms with E-state index in [0.717, 1.165) is 44.7 Å². The zero-order valence-corrected chi connectivity index (χ0v) is 12.7. The second-order valence-corrected chi connectivity index (χ2v) is 5.91. The molecule has 0 atom stereocenters. The number of hydrogen-bond donors (Lipinski definition) is 0. The number of hydrogen-bond acceptors (Lipinski definition) is 2. The van der Waals surface area contributed by atoms with Gasteiger partial charge in [-0.1, -0.05) is 17.7 Å². The number of alkyl halides is 3. The molecule has 2 rings (SSSR count). The number of nitrogens with zero attached hydrogens (tertiary/aromatic N) is 2. The maximum Gasteiger partial charge on any atom is 0.416 e. The van der Waals surface area contributed by atoms with Crippen LogP contribution < -0.4 is 0 Å². The Morgan fingerprint density at radius 1 is 1.10 bits per heavy atom. The molecular weight excluding hydrogens is 277 g/mol. The topological polar surface area (TPSA) is 6.48 Å². The van der Waals surface area contributed by atoms with Crippen LogP contribution in [0.2, 0.25) is 0 Å². The van der Waals surface area contributed by atoms with E-state index in [1.807, 2.05) is 6.92 Å². The minimum atomic E-state index is -4.25. The molecule has 1 aliphatic heterocycles. The summed E-state index contributed by atoms with van der Waals surface area (Å²) in [5.74, 6) is 0. The van der Waals surface area contributed by atoms with E-state index in [1.54, 1.807) is 6.07 Å². The first-order valence-corrected chi connectivity index (χ1v) is 7.44. The van der Waals surface area contributed by atoms with Crippen molar-refractivity contribution in [3.63, 3.8) is 0 Å². The quantitative estimate of drug-likeness (QED) is 0.842. The molecule has 0 aliphatic carbocycles. The van der Waals surface area contributed by atoms with E-state index in [2.05, 4.69) is 16.8 Å². The van der Waals surface area contributed by atoms with Gasteiger partial charge in [0.2, 0.25) is 0 Å². The highest BCUT2D eigenvalue weighted by Gasteiger charge is 2.32. The predicted molar refractivity (Wildman–Crippen MR) is 78.4 cm³/mol. The van der Waals surface area contributed by atoms with Crippen LogP contribution >= 0.6 is 0 Å². The van der Waals surface area contributed by atoms with Crippen molar-refractivity contribution < 1.29 is 13.2 Å². The van der Waals surface area contributed by atoms with E-state index < -0.39 is 11.7 Å². The second-order valence-electron chi connectivity index (χ2n) is 5.91. The highest BCUT2D eigenvalue weighted by atomic mass is 19.4. The summed E-state index contributed by atoms with van der Waals surface area (Å²) in [6.45, 7) is 6.81. The maximum atomic E-state index is 13.0. The number of aryl methyl sites for hydroxylation is 2. The van der Waals surface area contributed by atoms with Gasteiger partial charge in [0.15, 0.2) is 0 Å². The number of likely N-dealkylation sites (N-methyl/N-ethyl adjacent to an activating group) is 1. The summed E-state index contributed by atoms with van der Waals surface area (Å²) in [6.07, 6.45) is -2.99. The first-order valence-electron chi connectivity index (χ1n) is 7.44. The largest absolute Gasteiger partial charge is 0.416 e.